The van der Waals surface area contributed by atoms with E-state index in [1.165, 1.54) is 6.33 Å². The molecule has 124 valence electrons. The summed E-state index contributed by atoms with van der Waals surface area (Å²) < 4.78 is 2.07. The minimum absolute atomic E-state index is 0.334. The Morgan fingerprint density at radius 1 is 1.08 bits per heavy atom. The molecule has 3 aromatic heterocycles. The first-order chi connectivity index (χ1) is 12.3. The molecule has 0 atom stereocenters. The van der Waals surface area contributed by atoms with Crippen LogP contribution in [0.4, 0.5) is 5.95 Å². The third kappa shape index (κ3) is 2.47. The third-order valence-corrected chi connectivity index (χ3v) is 4.92. The van der Waals surface area contributed by atoms with Gasteiger partial charge in [0, 0.05) is 23.7 Å². The minimum Gasteiger partial charge on any atom is -0.351 e. The highest BCUT2D eigenvalue weighted by Crippen LogP contribution is 2.36. The van der Waals surface area contributed by atoms with E-state index in [0.29, 0.717) is 28.7 Å². The largest absolute Gasteiger partial charge is 0.351 e. The number of rotatable bonds is 3. The summed E-state index contributed by atoms with van der Waals surface area (Å²) in [6.07, 6.45) is 7.04. The number of fused-ring (bicyclic) bond motifs is 2. The van der Waals surface area contributed by atoms with Gasteiger partial charge in [0.15, 0.2) is 10.8 Å². The lowest BCUT2D eigenvalue weighted by Crippen LogP contribution is -2.37. The summed E-state index contributed by atoms with van der Waals surface area (Å²) in [5.74, 6) is 0.669. The normalized spacial score (nSPS) is 19.9. The average molecular weight is 352 g/mol. The molecule has 1 aliphatic rings. The molecule has 1 fully saturated rings. The van der Waals surface area contributed by atoms with Crippen LogP contribution in [0.1, 0.15) is 18.9 Å². The van der Waals surface area contributed by atoms with Crippen molar-refractivity contribution in [3.63, 3.8) is 0 Å². The van der Waals surface area contributed by atoms with Crippen LogP contribution in [0.3, 0.4) is 0 Å². The zero-order valence-electron chi connectivity index (χ0n) is 13.2. The van der Waals surface area contributed by atoms with Crippen molar-refractivity contribution in [2.75, 3.05) is 5.32 Å². The molecule has 25 heavy (non-hydrogen) atoms. The van der Waals surface area contributed by atoms with E-state index in [-0.39, 0.29) is 0 Å². The van der Waals surface area contributed by atoms with Crippen molar-refractivity contribution in [1.29, 1.82) is 0 Å². The molecule has 3 heterocycles. The Bertz CT molecular complexity index is 1070. The molecule has 0 unspecified atom stereocenters. The van der Waals surface area contributed by atoms with E-state index in [2.05, 4.69) is 34.8 Å². The Morgan fingerprint density at radius 2 is 1.96 bits per heavy atom. The van der Waals surface area contributed by atoms with E-state index in [9.17, 15) is 0 Å². The van der Waals surface area contributed by atoms with Gasteiger partial charge in [-0.25, -0.2) is 24.9 Å². The molecular formula is C17H14ClN7. The first kappa shape index (κ1) is 14.5. The molecule has 7 nitrogen and oxygen atoms in total. The zero-order chi connectivity index (χ0) is 16.8. The van der Waals surface area contributed by atoms with Gasteiger partial charge in [-0.2, -0.15) is 0 Å². The number of nitrogens with zero attached hydrogens (tertiary/aromatic N) is 6. The van der Waals surface area contributed by atoms with E-state index in [1.54, 1.807) is 6.33 Å². The summed E-state index contributed by atoms with van der Waals surface area (Å²) in [7, 11) is 0. The lowest BCUT2D eigenvalue weighted by Gasteiger charge is -2.36. The molecule has 1 saturated carbocycles. The topological polar surface area (TPSA) is 81.4 Å². The molecule has 1 aliphatic carbocycles. The second-order valence-corrected chi connectivity index (χ2v) is 6.57. The number of benzene rings is 1. The Labute approximate surface area is 148 Å². The standard InChI is InChI=1S/C17H14ClN7/c18-15-14-16(21-8-20-15)25(9-22-14)12-5-11(6-12)23-17-19-7-10-3-1-2-4-13(10)24-17/h1-4,7-9,11-12H,5-6H2,(H,19,23,24)/t11-,12-. The molecule has 4 aromatic rings. The van der Waals surface area contributed by atoms with Gasteiger partial charge in [-0.05, 0) is 18.9 Å². The van der Waals surface area contributed by atoms with E-state index in [4.69, 9.17) is 11.6 Å². The van der Waals surface area contributed by atoms with Gasteiger partial charge in [0.2, 0.25) is 5.95 Å². The second kappa shape index (κ2) is 5.63. The monoisotopic (exact) mass is 351 g/mol. The van der Waals surface area contributed by atoms with Crippen molar-refractivity contribution >= 4 is 39.6 Å². The van der Waals surface area contributed by atoms with Gasteiger partial charge >= 0.3 is 0 Å². The predicted octanol–water partition coefficient (Wildman–Crippen LogP) is 3.24. The van der Waals surface area contributed by atoms with Crippen LogP contribution in [0, 0.1) is 0 Å². The molecule has 0 saturated heterocycles. The number of aromatic nitrogens is 6. The van der Waals surface area contributed by atoms with Crippen LogP contribution in [0.2, 0.25) is 5.15 Å². The van der Waals surface area contributed by atoms with Crippen molar-refractivity contribution in [3.8, 4) is 0 Å². The molecule has 0 bridgehead atoms. The van der Waals surface area contributed by atoms with Crippen molar-refractivity contribution in [1.82, 2.24) is 29.5 Å². The molecule has 0 radical (unpaired) electrons. The van der Waals surface area contributed by atoms with Crippen molar-refractivity contribution in [3.05, 3.63) is 48.3 Å². The smallest absolute Gasteiger partial charge is 0.223 e. The number of anilines is 1. The first-order valence-corrected chi connectivity index (χ1v) is 8.47. The van der Waals surface area contributed by atoms with Crippen molar-refractivity contribution < 1.29 is 0 Å². The van der Waals surface area contributed by atoms with Crippen LogP contribution in [-0.4, -0.2) is 35.5 Å². The second-order valence-electron chi connectivity index (χ2n) is 6.21. The van der Waals surface area contributed by atoms with Gasteiger partial charge in [0.05, 0.1) is 11.8 Å². The molecule has 5 rings (SSSR count). The Balaban J connectivity index is 1.31. The van der Waals surface area contributed by atoms with Gasteiger partial charge in [-0.3, -0.25) is 0 Å². The van der Waals surface area contributed by atoms with E-state index < -0.39 is 0 Å². The average Bonchev–Trinajstić information content (AvgIpc) is 3.03. The van der Waals surface area contributed by atoms with Crippen LogP contribution in [0.25, 0.3) is 22.1 Å². The summed E-state index contributed by atoms with van der Waals surface area (Å²) >= 11 is 6.06. The predicted molar refractivity (Wildman–Crippen MR) is 95.6 cm³/mol. The molecule has 0 amide bonds. The molecule has 1 aromatic carbocycles. The molecule has 1 N–H and O–H groups in total. The highest BCUT2D eigenvalue weighted by Gasteiger charge is 2.32. The summed E-state index contributed by atoms with van der Waals surface area (Å²) in [6, 6.07) is 8.65. The summed E-state index contributed by atoms with van der Waals surface area (Å²) in [6.45, 7) is 0. The van der Waals surface area contributed by atoms with Gasteiger partial charge in [-0.15, -0.1) is 0 Å². The number of para-hydroxylation sites is 1. The first-order valence-electron chi connectivity index (χ1n) is 8.09. The van der Waals surface area contributed by atoms with Crippen molar-refractivity contribution in [2.24, 2.45) is 0 Å². The lowest BCUT2D eigenvalue weighted by molar-refractivity contribution is 0.286. The number of nitrogens with one attached hydrogen (secondary N) is 1. The number of imidazole rings is 1. The summed E-state index contributed by atoms with van der Waals surface area (Å²) in [5.41, 5.74) is 2.38. The Hall–Kier alpha value is -2.80. The molecule has 0 aliphatic heterocycles. The maximum Gasteiger partial charge on any atom is 0.223 e. The maximum atomic E-state index is 6.06. The van der Waals surface area contributed by atoms with E-state index in [1.807, 2.05) is 30.5 Å². The van der Waals surface area contributed by atoms with Crippen molar-refractivity contribution in [2.45, 2.75) is 24.9 Å². The quantitative estimate of drug-likeness (QED) is 0.571. The number of hydrogen-bond donors (Lipinski definition) is 1. The highest BCUT2D eigenvalue weighted by atomic mass is 35.5. The summed E-state index contributed by atoms with van der Waals surface area (Å²) in [5, 5.41) is 4.84. The minimum atomic E-state index is 0.334. The zero-order valence-corrected chi connectivity index (χ0v) is 13.9. The fraction of sp³-hybridized carbons (Fsp3) is 0.235. The Morgan fingerprint density at radius 3 is 2.88 bits per heavy atom. The van der Waals surface area contributed by atoms with Gasteiger partial charge in [-0.1, -0.05) is 29.8 Å². The maximum absolute atomic E-state index is 6.06. The van der Waals surface area contributed by atoms with Gasteiger partial charge in [0.1, 0.15) is 11.8 Å². The van der Waals surface area contributed by atoms with Gasteiger partial charge < -0.3 is 9.88 Å². The fourth-order valence-electron chi connectivity index (χ4n) is 3.25. The van der Waals surface area contributed by atoms with Gasteiger partial charge in [0.25, 0.3) is 0 Å². The molecular weight excluding hydrogens is 338 g/mol. The van der Waals surface area contributed by atoms with Crippen LogP contribution in [-0.2, 0) is 0 Å². The van der Waals surface area contributed by atoms with Crippen LogP contribution in [0.5, 0.6) is 0 Å². The SMILES string of the molecule is Clc1ncnc2c1ncn2[C@H]1C[C@H](Nc2ncc3ccccc3n2)C1. The van der Waals surface area contributed by atoms with Crippen LogP contribution in [0.15, 0.2) is 43.1 Å². The van der Waals surface area contributed by atoms with Crippen LogP contribution >= 0.6 is 11.6 Å². The molecule has 0 spiro atoms. The van der Waals surface area contributed by atoms with E-state index >= 15 is 0 Å². The lowest BCUT2D eigenvalue weighted by atomic mass is 9.86. The third-order valence-electron chi connectivity index (χ3n) is 4.64. The molecule has 8 heteroatoms. The number of hydrogen-bond acceptors (Lipinski definition) is 6. The van der Waals surface area contributed by atoms with E-state index in [0.717, 1.165) is 29.4 Å². The summed E-state index contributed by atoms with van der Waals surface area (Å²) in [4.78, 5) is 21.6. The number of halogens is 1. The highest BCUT2D eigenvalue weighted by molar-refractivity contribution is 6.33. The Kier molecular flexibility index (Phi) is 3.27. The van der Waals surface area contributed by atoms with Crippen LogP contribution < -0.4 is 5.32 Å². The fourth-order valence-corrected chi connectivity index (χ4v) is 3.42.